The second-order valence-corrected chi connectivity index (χ2v) is 5.62. The quantitative estimate of drug-likeness (QED) is 0.832. The summed E-state index contributed by atoms with van der Waals surface area (Å²) in [6, 6.07) is 4.79. The molecule has 2 rings (SSSR count). The Morgan fingerprint density at radius 1 is 1.24 bits per heavy atom. The largest absolute Gasteiger partial charge is 0.398 e. The number of carbonyl (C=O) groups excluding carboxylic acids is 2. The Labute approximate surface area is 125 Å². The first kappa shape index (κ1) is 15.4. The summed E-state index contributed by atoms with van der Waals surface area (Å²) in [6.45, 7) is 5.15. The van der Waals surface area contributed by atoms with Crippen molar-refractivity contribution in [2.75, 3.05) is 18.8 Å². The van der Waals surface area contributed by atoms with Crippen LogP contribution in [0.1, 0.15) is 42.1 Å². The van der Waals surface area contributed by atoms with Gasteiger partial charge in [-0.05, 0) is 44.7 Å². The summed E-state index contributed by atoms with van der Waals surface area (Å²) in [5, 5.41) is 2.75. The molecule has 5 heteroatoms. The fraction of sp³-hybridized carbons (Fsp3) is 0.500. The number of aryl methyl sites for hydroxylation is 1. The van der Waals surface area contributed by atoms with Crippen molar-refractivity contribution in [1.29, 1.82) is 0 Å². The summed E-state index contributed by atoms with van der Waals surface area (Å²) in [5.41, 5.74) is 7.67. The molecule has 0 aromatic heterocycles. The van der Waals surface area contributed by atoms with E-state index in [1.807, 2.05) is 17.9 Å². The number of nitrogen functional groups attached to an aromatic ring is 1. The number of anilines is 1. The average molecular weight is 289 g/mol. The molecule has 1 aliphatic rings. The molecule has 1 aliphatic heterocycles. The molecule has 21 heavy (non-hydrogen) atoms. The maximum Gasteiger partial charge on any atom is 0.254 e. The molecule has 0 aliphatic carbocycles. The number of hydrogen-bond donors (Lipinski definition) is 2. The summed E-state index contributed by atoms with van der Waals surface area (Å²) >= 11 is 0. The van der Waals surface area contributed by atoms with Gasteiger partial charge in [0.1, 0.15) is 6.04 Å². The van der Waals surface area contributed by atoms with Crippen molar-refractivity contribution in [2.45, 2.75) is 39.2 Å². The first-order chi connectivity index (χ1) is 10.0. The number of benzene rings is 1. The summed E-state index contributed by atoms with van der Waals surface area (Å²) < 4.78 is 0. The predicted molar refractivity (Wildman–Crippen MR) is 83.0 cm³/mol. The zero-order valence-electron chi connectivity index (χ0n) is 12.7. The van der Waals surface area contributed by atoms with Crippen molar-refractivity contribution in [3.8, 4) is 0 Å². The molecule has 1 atom stereocenters. The smallest absolute Gasteiger partial charge is 0.254 e. The van der Waals surface area contributed by atoms with Gasteiger partial charge in [-0.15, -0.1) is 0 Å². The molecule has 1 fully saturated rings. The number of nitrogens with one attached hydrogen (secondary N) is 1. The summed E-state index contributed by atoms with van der Waals surface area (Å²) in [4.78, 5) is 26.4. The molecule has 5 nitrogen and oxygen atoms in total. The van der Waals surface area contributed by atoms with Crippen LogP contribution < -0.4 is 11.1 Å². The monoisotopic (exact) mass is 289 g/mol. The number of amides is 2. The third kappa shape index (κ3) is 3.54. The van der Waals surface area contributed by atoms with E-state index in [0.717, 1.165) is 31.5 Å². The first-order valence-corrected chi connectivity index (χ1v) is 7.45. The van der Waals surface area contributed by atoms with Crippen LogP contribution in [0.4, 0.5) is 5.69 Å². The lowest BCUT2D eigenvalue weighted by Crippen LogP contribution is -2.48. The molecule has 1 saturated heterocycles. The lowest BCUT2D eigenvalue weighted by Gasteiger charge is -2.29. The van der Waals surface area contributed by atoms with Crippen LogP contribution in [0.15, 0.2) is 18.2 Å². The Balaban J connectivity index is 2.01. The fourth-order valence-electron chi connectivity index (χ4n) is 2.60. The van der Waals surface area contributed by atoms with Crippen LogP contribution in [-0.4, -0.2) is 35.8 Å². The van der Waals surface area contributed by atoms with Crippen molar-refractivity contribution < 1.29 is 9.59 Å². The minimum atomic E-state index is -0.532. The molecular weight excluding hydrogens is 266 g/mol. The highest BCUT2D eigenvalue weighted by molar-refractivity contribution is 6.01. The zero-order chi connectivity index (χ0) is 15.4. The van der Waals surface area contributed by atoms with Crippen molar-refractivity contribution >= 4 is 17.5 Å². The molecular formula is C16H23N3O2. The van der Waals surface area contributed by atoms with Gasteiger partial charge in [0.25, 0.3) is 5.91 Å². The SMILES string of the molecule is Cc1cccc(C(=O)NC(C)C(=O)N2CCCCC2)c1N. The molecule has 1 heterocycles. The fourth-order valence-corrected chi connectivity index (χ4v) is 2.60. The summed E-state index contributed by atoms with van der Waals surface area (Å²) in [5.74, 6) is -0.316. The van der Waals surface area contributed by atoms with Crippen LogP contribution in [0, 0.1) is 6.92 Å². The van der Waals surface area contributed by atoms with E-state index in [2.05, 4.69) is 5.32 Å². The van der Waals surface area contributed by atoms with Gasteiger partial charge in [0, 0.05) is 18.8 Å². The second kappa shape index (κ2) is 6.61. The maximum absolute atomic E-state index is 12.3. The highest BCUT2D eigenvalue weighted by atomic mass is 16.2. The van der Waals surface area contributed by atoms with E-state index in [-0.39, 0.29) is 11.8 Å². The molecule has 3 N–H and O–H groups in total. The Morgan fingerprint density at radius 2 is 1.90 bits per heavy atom. The lowest BCUT2D eigenvalue weighted by atomic mass is 10.1. The van der Waals surface area contributed by atoms with Gasteiger partial charge in [0.05, 0.1) is 5.56 Å². The van der Waals surface area contributed by atoms with Gasteiger partial charge in [0.15, 0.2) is 0 Å². The minimum absolute atomic E-state index is 0.0192. The molecule has 1 aromatic rings. The van der Waals surface area contributed by atoms with Gasteiger partial charge in [-0.1, -0.05) is 12.1 Å². The van der Waals surface area contributed by atoms with E-state index >= 15 is 0 Å². The first-order valence-electron chi connectivity index (χ1n) is 7.45. The van der Waals surface area contributed by atoms with Crippen molar-refractivity contribution in [2.24, 2.45) is 0 Å². The van der Waals surface area contributed by atoms with Gasteiger partial charge in [0.2, 0.25) is 5.91 Å². The van der Waals surface area contributed by atoms with Crippen LogP contribution >= 0.6 is 0 Å². The van der Waals surface area contributed by atoms with Gasteiger partial charge in [-0.3, -0.25) is 9.59 Å². The molecule has 0 saturated carbocycles. The zero-order valence-corrected chi connectivity index (χ0v) is 12.7. The normalized spacial score (nSPS) is 16.4. The summed E-state index contributed by atoms with van der Waals surface area (Å²) in [6.07, 6.45) is 3.25. The van der Waals surface area contributed by atoms with Crippen molar-refractivity contribution in [1.82, 2.24) is 10.2 Å². The van der Waals surface area contributed by atoms with E-state index < -0.39 is 6.04 Å². The van der Waals surface area contributed by atoms with Crippen LogP contribution in [-0.2, 0) is 4.79 Å². The van der Waals surface area contributed by atoms with Crippen LogP contribution in [0.25, 0.3) is 0 Å². The number of hydrogen-bond acceptors (Lipinski definition) is 3. The number of piperidine rings is 1. The van der Waals surface area contributed by atoms with Gasteiger partial charge >= 0.3 is 0 Å². The molecule has 2 amide bonds. The molecule has 1 unspecified atom stereocenters. The predicted octanol–water partition coefficient (Wildman–Crippen LogP) is 1.71. The minimum Gasteiger partial charge on any atom is -0.398 e. The molecule has 0 radical (unpaired) electrons. The lowest BCUT2D eigenvalue weighted by molar-refractivity contribution is -0.133. The van der Waals surface area contributed by atoms with Gasteiger partial charge in [-0.25, -0.2) is 0 Å². The molecule has 0 bridgehead atoms. The van der Waals surface area contributed by atoms with Crippen molar-refractivity contribution in [3.05, 3.63) is 29.3 Å². The Morgan fingerprint density at radius 3 is 2.57 bits per heavy atom. The van der Waals surface area contributed by atoms with E-state index in [9.17, 15) is 9.59 Å². The van der Waals surface area contributed by atoms with E-state index in [0.29, 0.717) is 11.3 Å². The number of rotatable bonds is 3. The third-order valence-electron chi connectivity index (χ3n) is 3.95. The van der Waals surface area contributed by atoms with Crippen LogP contribution in [0.5, 0.6) is 0 Å². The van der Waals surface area contributed by atoms with E-state index in [4.69, 9.17) is 5.73 Å². The van der Waals surface area contributed by atoms with Gasteiger partial charge < -0.3 is 16.0 Å². The molecule has 114 valence electrons. The molecule has 0 spiro atoms. The highest BCUT2D eigenvalue weighted by Crippen LogP contribution is 2.16. The second-order valence-electron chi connectivity index (χ2n) is 5.62. The van der Waals surface area contributed by atoms with E-state index in [1.165, 1.54) is 6.42 Å². The third-order valence-corrected chi connectivity index (χ3v) is 3.95. The van der Waals surface area contributed by atoms with Gasteiger partial charge in [-0.2, -0.15) is 0 Å². The molecule has 1 aromatic carbocycles. The van der Waals surface area contributed by atoms with E-state index in [1.54, 1.807) is 19.1 Å². The number of nitrogens with two attached hydrogens (primary N) is 1. The maximum atomic E-state index is 12.3. The number of nitrogens with zero attached hydrogens (tertiary/aromatic N) is 1. The van der Waals surface area contributed by atoms with Crippen molar-refractivity contribution in [3.63, 3.8) is 0 Å². The number of carbonyl (C=O) groups is 2. The Hall–Kier alpha value is -2.04. The Bertz CT molecular complexity index is 536. The Kier molecular flexibility index (Phi) is 4.83. The standard InChI is InChI=1S/C16H23N3O2/c1-11-7-6-8-13(14(11)17)15(20)18-12(2)16(21)19-9-4-3-5-10-19/h6-8,12H,3-5,9-10,17H2,1-2H3,(H,18,20). The number of para-hydroxylation sites is 1. The van der Waals surface area contributed by atoms with Crippen LogP contribution in [0.3, 0.4) is 0 Å². The summed E-state index contributed by atoms with van der Waals surface area (Å²) in [7, 11) is 0. The highest BCUT2D eigenvalue weighted by Gasteiger charge is 2.24. The average Bonchev–Trinajstić information content (AvgIpc) is 2.50. The van der Waals surface area contributed by atoms with Crippen LogP contribution in [0.2, 0.25) is 0 Å². The number of likely N-dealkylation sites (tertiary alicyclic amines) is 1. The topological polar surface area (TPSA) is 75.4 Å².